The lowest BCUT2D eigenvalue weighted by atomic mass is 9.99. The van der Waals surface area contributed by atoms with Crippen LogP contribution in [0.2, 0.25) is 5.02 Å². The molecule has 0 aliphatic heterocycles. The third kappa shape index (κ3) is 4.47. The van der Waals surface area contributed by atoms with Gasteiger partial charge in [-0.05, 0) is 60.5 Å². The molecule has 31 heavy (non-hydrogen) atoms. The van der Waals surface area contributed by atoms with Crippen molar-refractivity contribution in [2.75, 3.05) is 0 Å². The first-order chi connectivity index (χ1) is 14.7. The van der Waals surface area contributed by atoms with Crippen LogP contribution in [0.25, 0.3) is 11.0 Å². The molecule has 0 saturated carbocycles. The second kappa shape index (κ2) is 8.17. The SMILES string of the molecule is Cc1c(Cc2ccc(F)cc2)c(=O)oc2cc(OS(=O)(=O)c3cccc(Cl)c3)ccc12. The Kier molecular flexibility index (Phi) is 5.56. The molecule has 0 bridgehead atoms. The molecule has 0 amide bonds. The molecule has 5 nitrogen and oxygen atoms in total. The minimum atomic E-state index is -4.11. The Morgan fingerprint density at radius 2 is 1.77 bits per heavy atom. The van der Waals surface area contributed by atoms with Crippen molar-refractivity contribution in [2.24, 2.45) is 0 Å². The fourth-order valence-electron chi connectivity index (χ4n) is 3.23. The number of aryl methyl sites for hydroxylation is 1. The minimum absolute atomic E-state index is 0.00121. The van der Waals surface area contributed by atoms with Gasteiger partial charge in [0.05, 0.1) is 0 Å². The van der Waals surface area contributed by atoms with Gasteiger partial charge in [-0.15, -0.1) is 0 Å². The maximum Gasteiger partial charge on any atom is 0.340 e. The number of benzene rings is 3. The van der Waals surface area contributed by atoms with Crippen molar-refractivity contribution in [2.45, 2.75) is 18.2 Å². The Balaban J connectivity index is 1.69. The first-order valence-electron chi connectivity index (χ1n) is 9.24. The summed E-state index contributed by atoms with van der Waals surface area (Å²) in [4.78, 5) is 12.5. The maximum atomic E-state index is 13.1. The van der Waals surface area contributed by atoms with Crippen LogP contribution in [0, 0.1) is 12.7 Å². The molecule has 0 aliphatic carbocycles. The predicted molar refractivity (Wildman–Crippen MR) is 116 cm³/mol. The van der Waals surface area contributed by atoms with E-state index in [0.717, 1.165) is 5.56 Å². The Bertz CT molecular complexity index is 1440. The smallest absolute Gasteiger partial charge is 0.340 e. The summed E-state index contributed by atoms with van der Waals surface area (Å²) in [5.41, 5.74) is 1.55. The molecule has 158 valence electrons. The zero-order chi connectivity index (χ0) is 22.2. The van der Waals surface area contributed by atoms with E-state index < -0.39 is 15.7 Å². The van der Waals surface area contributed by atoms with Gasteiger partial charge in [-0.3, -0.25) is 0 Å². The maximum absolute atomic E-state index is 13.1. The lowest BCUT2D eigenvalue weighted by Crippen LogP contribution is -2.12. The van der Waals surface area contributed by atoms with E-state index >= 15 is 0 Å². The van der Waals surface area contributed by atoms with Gasteiger partial charge >= 0.3 is 15.7 Å². The molecule has 8 heteroatoms. The number of fused-ring (bicyclic) bond motifs is 1. The average Bonchev–Trinajstić information content (AvgIpc) is 2.72. The molecule has 0 saturated heterocycles. The summed E-state index contributed by atoms with van der Waals surface area (Å²) in [7, 11) is -4.11. The van der Waals surface area contributed by atoms with Crippen LogP contribution in [0.4, 0.5) is 4.39 Å². The van der Waals surface area contributed by atoms with E-state index in [1.165, 1.54) is 42.5 Å². The highest BCUT2D eigenvalue weighted by molar-refractivity contribution is 7.87. The van der Waals surface area contributed by atoms with Crippen LogP contribution in [0.5, 0.6) is 5.75 Å². The fourth-order valence-corrected chi connectivity index (χ4v) is 4.46. The van der Waals surface area contributed by atoms with Crippen LogP contribution >= 0.6 is 11.6 Å². The Morgan fingerprint density at radius 1 is 1.03 bits per heavy atom. The van der Waals surface area contributed by atoms with E-state index in [1.54, 1.807) is 31.2 Å². The molecule has 0 aliphatic rings. The molecule has 1 heterocycles. The normalized spacial score (nSPS) is 11.6. The van der Waals surface area contributed by atoms with E-state index in [0.29, 0.717) is 16.5 Å². The molecule has 3 aromatic carbocycles. The molecule has 0 spiro atoms. The second-order valence-electron chi connectivity index (χ2n) is 6.95. The molecular formula is C23H16ClFO5S. The molecule has 0 unspecified atom stereocenters. The minimum Gasteiger partial charge on any atom is -0.422 e. The highest BCUT2D eigenvalue weighted by atomic mass is 35.5. The van der Waals surface area contributed by atoms with Gasteiger partial charge in [0, 0.05) is 28.5 Å². The van der Waals surface area contributed by atoms with Crippen molar-refractivity contribution in [1.29, 1.82) is 0 Å². The van der Waals surface area contributed by atoms with Crippen molar-refractivity contribution >= 4 is 32.7 Å². The zero-order valence-electron chi connectivity index (χ0n) is 16.3. The van der Waals surface area contributed by atoms with E-state index in [1.807, 2.05) is 0 Å². The Hall–Kier alpha value is -3.16. The first kappa shape index (κ1) is 21.1. The van der Waals surface area contributed by atoms with Crippen LogP contribution in [-0.2, 0) is 16.5 Å². The molecular weight excluding hydrogens is 443 g/mol. The topological polar surface area (TPSA) is 73.6 Å². The third-order valence-corrected chi connectivity index (χ3v) is 6.32. The van der Waals surface area contributed by atoms with Gasteiger partial charge in [0.2, 0.25) is 0 Å². The van der Waals surface area contributed by atoms with Crippen molar-refractivity contribution in [3.8, 4) is 5.75 Å². The Morgan fingerprint density at radius 3 is 2.48 bits per heavy atom. The summed E-state index contributed by atoms with van der Waals surface area (Å²) in [6, 6.07) is 16.1. The van der Waals surface area contributed by atoms with Crippen LogP contribution in [0.1, 0.15) is 16.7 Å². The third-order valence-electron chi connectivity index (χ3n) is 4.84. The number of hydrogen-bond donors (Lipinski definition) is 0. The summed E-state index contributed by atoms with van der Waals surface area (Å²) in [6.45, 7) is 1.78. The largest absolute Gasteiger partial charge is 0.422 e. The summed E-state index contributed by atoms with van der Waals surface area (Å²) in [6.07, 6.45) is 0.284. The van der Waals surface area contributed by atoms with Gasteiger partial charge in [-0.2, -0.15) is 8.42 Å². The van der Waals surface area contributed by atoms with E-state index in [4.69, 9.17) is 20.2 Å². The Labute approximate surface area is 182 Å². The molecule has 4 rings (SSSR count). The summed E-state index contributed by atoms with van der Waals surface area (Å²) in [5, 5.41) is 0.905. The van der Waals surface area contributed by atoms with Crippen LogP contribution in [-0.4, -0.2) is 8.42 Å². The van der Waals surface area contributed by atoms with Crippen molar-refractivity contribution in [3.63, 3.8) is 0 Å². The molecule has 0 N–H and O–H groups in total. The number of halogens is 2. The molecule has 0 radical (unpaired) electrons. The monoisotopic (exact) mass is 458 g/mol. The van der Waals surface area contributed by atoms with Gasteiger partial charge in [-0.1, -0.05) is 29.8 Å². The van der Waals surface area contributed by atoms with Crippen LogP contribution in [0.15, 0.2) is 80.8 Å². The summed E-state index contributed by atoms with van der Waals surface area (Å²) >= 11 is 5.86. The molecule has 0 atom stereocenters. The molecule has 4 aromatic rings. The summed E-state index contributed by atoms with van der Waals surface area (Å²) in [5.74, 6) is -0.354. The van der Waals surface area contributed by atoms with E-state index in [-0.39, 0.29) is 33.5 Å². The van der Waals surface area contributed by atoms with Gasteiger partial charge in [-0.25, -0.2) is 9.18 Å². The van der Waals surface area contributed by atoms with Gasteiger partial charge in [0.15, 0.2) is 0 Å². The number of rotatable bonds is 5. The van der Waals surface area contributed by atoms with E-state index in [2.05, 4.69) is 0 Å². The lowest BCUT2D eigenvalue weighted by Gasteiger charge is -2.10. The average molecular weight is 459 g/mol. The van der Waals surface area contributed by atoms with Crippen molar-refractivity contribution < 1.29 is 21.4 Å². The fraction of sp³-hybridized carbons (Fsp3) is 0.0870. The zero-order valence-corrected chi connectivity index (χ0v) is 17.8. The molecule has 1 aromatic heterocycles. The van der Waals surface area contributed by atoms with Gasteiger partial charge in [0.1, 0.15) is 22.0 Å². The van der Waals surface area contributed by atoms with Crippen molar-refractivity contribution in [1.82, 2.24) is 0 Å². The highest BCUT2D eigenvalue weighted by Gasteiger charge is 2.19. The van der Waals surface area contributed by atoms with Crippen molar-refractivity contribution in [3.05, 3.63) is 105 Å². The van der Waals surface area contributed by atoms with E-state index in [9.17, 15) is 17.6 Å². The van der Waals surface area contributed by atoms with Gasteiger partial charge in [0.25, 0.3) is 0 Å². The molecule has 0 fully saturated rings. The highest BCUT2D eigenvalue weighted by Crippen LogP contribution is 2.27. The lowest BCUT2D eigenvalue weighted by molar-refractivity contribution is 0.485. The number of hydrogen-bond acceptors (Lipinski definition) is 5. The van der Waals surface area contributed by atoms with Crippen LogP contribution < -0.4 is 9.81 Å². The predicted octanol–water partition coefficient (Wildman–Crippen LogP) is 5.25. The summed E-state index contributed by atoms with van der Waals surface area (Å²) < 4.78 is 48.8. The second-order valence-corrected chi connectivity index (χ2v) is 8.93. The van der Waals surface area contributed by atoms with Crippen LogP contribution in [0.3, 0.4) is 0 Å². The first-order valence-corrected chi connectivity index (χ1v) is 11.0. The van der Waals surface area contributed by atoms with Gasteiger partial charge < -0.3 is 8.60 Å². The quantitative estimate of drug-likeness (QED) is 0.301. The standard InChI is InChI=1S/C23H16ClFO5S/c1-14-20-10-9-18(30-31(27,28)19-4-2-3-16(24)12-19)13-22(20)29-23(26)21(14)11-15-5-7-17(25)8-6-15/h2-10,12-13H,11H2,1H3.